The fourth-order valence-corrected chi connectivity index (χ4v) is 5.76. The van der Waals surface area contributed by atoms with Crippen molar-refractivity contribution in [3.05, 3.63) is 0 Å². The van der Waals surface area contributed by atoms with E-state index in [2.05, 4.69) is 6.92 Å². The summed E-state index contributed by atoms with van der Waals surface area (Å²) in [7, 11) is 0.871. The second-order valence-corrected chi connectivity index (χ2v) is 14.8. The third-order valence-corrected chi connectivity index (χ3v) is 8.98. The van der Waals surface area contributed by atoms with E-state index in [0.29, 0.717) is 17.4 Å². The van der Waals surface area contributed by atoms with Crippen LogP contribution in [0.5, 0.6) is 0 Å². The van der Waals surface area contributed by atoms with Crippen LogP contribution in [0, 0.1) is 0 Å². The normalized spacial score (nSPS) is 24.1. The number of aliphatic hydroxyl groups is 4. The van der Waals surface area contributed by atoms with Crippen LogP contribution < -0.4 is 4.89 Å². The number of carbonyl (C=O) groups excluding carboxylic acids is 1. The van der Waals surface area contributed by atoms with Crippen molar-refractivity contribution in [3.8, 4) is 0 Å². The molecule has 13 nitrogen and oxygen atoms in total. The monoisotopic (exact) mass is 685 g/mol. The minimum atomic E-state index is -4.75. The predicted octanol–water partition coefficient (Wildman–Crippen LogP) is 3.18. The van der Waals surface area contributed by atoms with Gasteiger partial charge in [-0.05, 0) is 6.42 Å². The van der Waals surface area contributed by atoms with Crippen LogP contribution in [0.25, 0.3) is 0 Å². The molecular formula is C32H64NO12P. The Hall–Kier alpha value is -0.700. The van der Waals surface area contributed by atoms with Gasteiger partial charge in [-0.15, -0.1) is 0 Å². The second kappa shape index (κ2) is 24.4. The molecule has 14 heteroatoms. The van der Waals surface area contributed by atoms with E-state index in [1.54, 1.807) is 0 Å². The highest BCUT2D eigenvalue weighted by atomic mass is 31.2. The Labute approximate surface area is 276 Å². The number of phosphoric acid groups is 1. The van der Waals surface area contributed by atoms with Crippen molar-refractivity contribution in [2.45, 2.75) is 146 Å². The minimum Gasteiger partial charge on any atom is -0.756 e. The van der Waals surface area contributed by atoms with E-state index in [1.807, 2.05) is 21.1 Å². The maximum atomic E-state index is 12.4. The van der Waals surface area contributed by atoms with Gasteiger partial charge in [-0.2, -0.15) is 0 Å². The summed E-state index contributed by atoms with van der Waals surface area (Å²) < 4.78 is 38.9. The van der Waals surface area contributed by atoms with E-state index in [9.17, 15) is 34.7 Å². The molecular weight excluding hydrogens is 621 g/mol. The number of nitrogens with zero attached hydrogens (tertiary/aromatic N) is 1. The van der Waals surface area contributed by atoms with Crippen molar-refractivity contribution in [1.29, 1.82) is 0 Å². The van der Waals surface area contributed by atoms with E-state index >= 15 is 0 Å². The highest BCUT2D eigenvalue weighted by Gasteiger charge is 2.45. The van der Waals surface area contributed by atoms with E-state index in [-0.39, 0.29) is 13.0 Å². The maximum absolute atomic E-state index is 12.4. The van der Waals surface area contributed by atoms with Crippen molar-refractivity contribution in [2.75, 3.05) is 54.1 Å². The molecule has 0 bridgehead atoms. The molecule has 0 aromatic rings. The number of hydrogen-bond donors (Lipinski definition) is 4. The Bertz CT molecular complexity index is 827. The Morgan fingerprint density at radius 2 is 1.33 bits per heavy atom. The van der Waals surface area contributed by atoms with Crippen LogP contribution in [0.3, 0.4) is 0 Å². The van der Waals surface area contributed by atoms with Gasteiger partial charge in [-0.3, -0.25) is 9.36 Å². The molecule has 0 aliphatic carbocycles. The molecule has 7 atom stereocenters. The summed E-state index contributed by atoms with van der Waals surface area (Å²) in [5.74, 6) is -0.499. The molecule has 1 rings (SSSR count). The highest BCUT2D eigenvalue weighted by molar-refractivity contribution is 7.45. The van der Waals surface area contributed by atoms with Crippen LogP contribution in [-0.4, -0.2) is 122 Å². The molecule has 46 heavy (non-hydrogen) atoms. The molecule has 274 valence electrons. The number of likely N-dealkylation sites (N-methyl/N-ethyl adjacent to an activating group) is 1. The fraction of sp³-hybridized carbons (Fsp3) is 0.969. The molecule has 1 aliphatic rings. The van der Waals surface area contributed by atoms with E-state index in [0.717, 1.165) is 19.3 Å². The number of hydrogen-bond acceptors (Lipinski definition) is 12. The lowest BCUT2D eigenvalue weighted by Crippen LogP contribution is -2.60. The Morgan fingerprint density at radius 1 is 0.804 bits per heavy atom. The lowest BCUT2D eigenvalue weighted by molar-refractivity contribution is -0.870. The number of esters is 1. The number of ether oxygens (including phenoxy) is 3. The van der Waals surface area contributed by atoms with Crippen LogP contribution in [0.15, 0.2) is 0 Å². The largest absolute Gasteiger partial charge is 0.756 e. The van der Waals surface area contributed by atoms with Gasteiger partial charge in [0, 0.05) is 6.42 Å². The van der Waals surface area contributed by atoms with Gasteiger partial charge in [0.15, 0.2) is 6.29 Å². The highest BCUT2D eigenvalue weighted by Crippen LogP contribution is 2.38. The van der Waals surface area contributed by atoms with E-state index < -0.39 is 70.4 Å². The third-order valence-electron chi connectivity index (χ3n) is 8.02. The molecule has 0 saturated carbocycles. The standard InChI is InChI=1S/C32H64NO12P/c1-5-6-7-8-9-10-11-12-13-14-15-16-17-18-19-20-28(35)41-24-26(25-43-46(39,40)42-22-21-33(2,3)4)44-32-31(38)30(37)29(36)27(23-34)45-32/h26-27,29-32,34,36-38H,5-25H2,1-4H3/t26-,27-,29-,30+,31-,32+/m1/s1. The van der Waals surface area contributed by atoms with Crippen LogP contribution in [-0.2, 0) is 32.6 Å². The number of carbonyl (C=O) groups is 1. The summed E-state index contributed by atoms with van der Waals surface area (Å²) in [6.07, 6.45) is 9.26. The third kappa shape index (κ3) is 20.6. The fourth-order valence-electron chi connectivity index (χ4n) is 5.03. The van der Waals surface area contributed by atoms with Gasteiger partial charge in [-0.1, -0.05) is 96.8 Å². The van der Waals surface area contributed by atoms with Crippen molar-refractivity contribution in [2.24, 2.45) is 0 Å². The molecule has 1 unspecified atom stereocenters. The van der Waals surface area contributed by atoms with Gasteiger partial charge in [0.05, 0.1) is 34.4 Å². The van der Waals surface area contributed by atoms with E-state index in [4.69, 9.17) is 23.3 Å². The van der Waals surface area contributed by atoms with Crippen LogP contribution in [0.2, 0.25) is 0 Å². The first-order chi connectivity index (χ1) is 21.8. The Kier molecular flexibility index (Phi) is 23.0. The van der Waals surface area contributed by atoms with Gasteiger partial charge in [0.2, 0.25) is 0 Å². The lowest BCUT2D eigenvalue weighted by atomic mass is 9.99. The van der Waals surface area contributed by atoms with Crippen LogP contribution in [0.1, 0.15) is 110 Å². The van der Waals surface area contributed by atoms with Gasteiger partial charge in [-0.25, -0.2) is 0 Å². The zero-order valence-corrected chi connectivity index (χ0v) is 29.7. The summed E-state index contributed by atoms with van der Waals surface area (Å²) in [6.45, 7) is 0.798. The molecule has 1 saturated heterocycles. The number of phosphoric ester groups is 1. The number of unbranched alkanes of at least 4 members (excludes halogenated alkanes) is 14. The maximum Gasteiger partial charge on any atom is 0.305 e. The van der Waals surface area contributed by atoms with Crippen LogP contribution in [0.4, 0.5) is 0 Å². The molecule has 4 N–H and O–H groups in total. The number of aliphatic hydroxyl groups excluding tert-OH is 4. The summed E-state index contributed by atoms with van der Waals surface area (Å²) in [5, 5.41) is 39.9. The van der Waals surface area contributed by atoms with Gasteiger partial charge < -0.3 is 53.1 Å². The summed E-state index contributed by atoms with van der Waals surface area (Å²) in [5.41, 5.74) is 0. The summed E-state index contributed by atoms with van der Waals surface area (Å²) in [4.78, 5) is 24.7. The molecule has 0 aromatic carbocycles. The average molecular weight is 686 g/mol. The first-order valence-corrected chi connectivity index (χ1v) is 18.8. The van der Waals surface area contributed by atoms with Crippen molar-refractivity contribution in [3.63, 3.8) is 0 Å². The zero-order chi connectivity index (χ0) is 34.4. The molecule has 0 amide bonds. The first kappa shape index (κ1) is 43.3. The molecule has 1 heterocycles. The molecule has 1 fully saturated rings. The van der Waals surface area contributed by atoms with Gasteiger partial charge in [0.1, 0.15) is 50.3 Å². The molecule has 0 spiro atoms. The minimum absolute atomic E-state index is 0.114. The lowest BCUT2D eigenvalue weighted by Gasteiger charge is -2.40. The first-order valence-electron chi connectivity index (χ1n) is 17.3. The Balaban J connectivity index is 2.42. The molecule has 0 radical (unpaired) electrons. The zero-order valence-electron chi connectivity index (χ0n) is 28.8. The van der Waals surface area contributed by atoms with Crippen LogP contribution >= 0.6 is 7.82 Å². The summed E-state index contributed by atoms with van der Waals surface area (Å²) >= 11 is 0. The average Bonchev–Trinajstić information content (AvgIpc) is 2.99. The number of quaternary nitrogens is 1. The topological polar surface area (TPSA) is 184 Å². The van der Waals surface area contributed by atoms with E-state index in [1.165, 1.54) is 70.6 Å². The predicted molar refractivity (Wildman–Crippen MR) is 172 cm³/mol. The quantitative estimate of drug-likeness (QED) is 0.0409. The molecule has 1 aliphatic heterocycles. The number of rotatable bonds is 28. The van der Waals surface area contributed by atoms with Gasteiger partial charge >= 0.3 is 5.97 Å². The van der Waals surface area contributed by atoms with Gasteiger partial charge in [0.25, 0.3) is 7.82 Å². The van der Waals surface area contributed by atoms with Crippen molar-refractivity contribution >= 4 is 13.8 Å². The second-order valence-electron chi connectivity index (χ2n) is 13.4. The van der Waals surface area contributed by atoms with Crippen molar-refractivity contribution in [1.82, 2.24) is 0 Å². The Morgan fingerprint density at radius 3 is 1.83 bits per heavy atom. The molecule has 0 aromatic heterocycles. The summed E-state index contributed by atoms with van der Waals surface area (Å²) in [6, 6.07) is 0. The van der Waals surface area contributed by atoms with Crippen molar-refractivity contribution < 1.29 is 62.4 Å². The smallest absolute Gasteiger partial charge is 0.305 e. The SMILES string of the molecule is CCCCCCCCCCCCCCCCCC(=O)OC[C@H](COP(=O)([O-])OCC[N+](C)(C)C)O[C@H]1O[C@H](CO)[C@@H](O)[C@H](O)[C@H]1O.